The van der Waals surface area contributed by atoms with Crippen molar-refractivity contribution in [1.82, 2.24) is 25.0 Å². The van der Waals surface area contributed by atoms with Gasteiger partial charge in [0.2, 0.25) is 5.91 Å². The van der Waals surface area contributed by atoms with Crippen LogP contribution in [0, 0.1) is 12.8 Å². The fraction of sp³-hybridized carbons (Fsp3) is 0.750. The molecule has 1 aromatic heterocycles. The average Bonchev–Trinajstić information content (AvgIpc) is 3.04. The molecule has 1 aliphatic heterocycles. The smallest absolute Gasteiger partial charge is 0.225 e. The van der Waals surface area contributed by atoms with E-state index in [9.17, 15) is 4.79 Å². The first-order chi connectivity index (χ1) is 13.6. The second-order valence-corrected chi connectivity index (χ2v) is 8.81. The third kappa shape index (κ3) is 5.67. The van der Waals surface area contributed by atoms with Crippen LogP contribution in [0.2, 0.25) is 0 Å². The zero-order valence-corrected chi connectivity index (χ0v) is 18.3. The van der Waals surface area contributed by atoms with Gasteiger partial charge >= 0.3 is 0 Å². The van der Waals surface area contributed by atoms with E-state index in [0.717, 1.165) is 81.9 Å². The fourth-order valence-corrected chi connectivity index (χ4v) is 4.27. The van der Waals surface area contributed by atoms with Gasteiger partial charge in [-0.2, -0.15) is 0 Å². The molecule has 1 saturated heterocycles. The Labute approximate surface area is 172 Å². The van der Waals surface area contributed by atoms with E-state index >= 15 is 0 Å². The number of nitrogens with zero attached hydrogens (tertiary/aromatic N) is 5. The highest BCUT2D eigenvalue weighted by molar-refractivity contribution is 7.09. The van der Waals surface area contributed by atoms with Crippen LogP contribution in [0.1, 0.15) is 36.9 Å². The van der Waals surface area contributed by atoms with Gasteiger partial charge in [-0.25, -0.2) is 4.98 Å². The zero-order chi connectivity index (χ0) is 19.9. The Morgan fingerprint density at radius 1 is 1.36 bits per heavy atom. The molecule has 156 valence electrons. The number of carbonyl (C=O) groups is 1. The predicted octanol–water partition coefficient (Wildman–Crippen LogP) is 1.79. The molecule has 1 N–H and O–H groups in total. The van der Waals surface area contributed by atoms with Gasteiger partial charge in [-0.05, 0) is 26.7 Å². The summed E-state index contributed by atoms with van der Waals surface area (Å²) >= 11 is 1.68. The summed E-state index contributed by atoms with van der Waals surface area (Å²) in [5.41, 5.74) is 1.09. The maximum Gasteiger partial charge on any atom is 0.225 e. The number of hydrogen-bond acceptors (Lipinski definition) is 5. The first-order valence-corrected chi connectivity index (χ1v) is 11.4. The van der Waals surface area contributed by atoms with E-state index in [1.165, 1.54) is 6.42 Å². The van der Waals surface area contributed by atoms with E-state index < -0.39 is 0 Å². The highest BCUT2D eigenvalue weighted by Gasteiger charge is 2.30. The van der Waals surface area contributed by atoms with Gasteiger partial charge in [-0.3, -0.25) is 14.7 Å². The van der Waals surface area contributed by atoms with Crippen molar-refractivity contribution in [1.29, 1.82) is 0 Å². The zero-order valence-electron chi connectivity index (χ0n) is 17.5. The van der Waals surface area contributed by atoms with E-state index in [1.54, 1.807) is 11.3 Å². The summed E-state index contributed by atoms with van der Waals surface area (Å²) in [6.07, 6.45) is 3.41. The molecule has 3 rings (SSSR count). The van der Waals surface area contributed by atoms with Crippen LogP contribution in [-0.4, -0.2) is 84.4 Å². The van der Waals surface area contributed by atoms with E-state index in [-0.39, 0.29) is 0 Å². The monoisotopic (exact) mass is 406 g/mol. The Morgan fingerprint density at radius 2 is 2.11 bits per heavy atom. The Hall–Kier alpha value is -1.67. The number of carbonyl (C=O) groups excluding carboxylic acids is 1. The number of guanidine groups is 1. The lowest BCUT2D eigenvalue weighted by Crippen LogP contribution is -2.51. The number of aliphatic imine (C=N–C) groups is 1. The van der Waals surface area contributed by atoms with E-state index in [0.29, 0.717) is 11.8 Å². The lowest BCUT2D eigenvalue weighted by atomic mass is 9.84. The molecule has 2 fully saturated rings. The molecule has 7 nitrogen and oxygen atoms in total. The van der Waals surface area contributed by atoms with Crippen molar-refractivity contribution < 1.29 is 4.79 Å². The summed E-state index contributed by atoms with van der Waals surface area (Å²) in [5.74, 6) is 1.63. The average molecular weight is 407 g/mol. The largest absolute Gasteiger partial charge is 0.357 e. The Kier molecular flexibility index (Phi) is 7.67. The molecule has 2 heterocycles. The topological polar surface area (TPSA) is 64.1 Å². The van der Waals surface area contributed by atoms with Crippen molar-refractivity contribution in [2.45, 2.75) is 39.7 Å². The summed E-state index contributed by atoms with van der Waals surface area (Å²) in [5, 5.41) is 6.58. The predicted molar refractivity (Wildman–Crippen MR) is 115 cm³/mol. The number of hydrogen-bond donors (Lipinski definition) is 1. The van der Waals surface area contributed by atoms with E-state index in [1.807, 2.05) is 6.92 Å². The highest BCUT2D eigenvalue weighted by Crippen LogP contribution is 2.28. The molecule has 1 saturated carbocycles. The van der Waals surface area contributed by atoms with Crippen molar-refractivity contribution in [2.24, 2.45) is 10.9 Å². The minimum atomic E-state index is 0.316. The van der Waals surface area contributed by atoms with Crippen molar-refractivity contribution >= 4 is 23.2 Å². The number of piperazine rings is 1. The van der Waals surface area contributed by atoms with Crippen LogP contribution in [0.3, 0.4) is 0 Å². The lowest BCUT2D eigenvalue weighted by Gasteiger charge is -2.38. The molecule has 0 atom stereocenters. The molecule has 0 unspecified atom stereocenters. The minimum Gasteiger partial charge on any atom is -0.357 e. The van der Waals surface area contributed by atoms with Crippen molar-refractivity contribution in [3.63, 3.8) is 0 Å². The van der Waals surface area contributed by atoms with Crippen LogP contribution in [0.4, 0.5) is 0 Å². The summed E-state index contributed by atoms with van der Waals surface area (Å²) in [6, 6.07) is 0. The summed E-state index contributed by atoms with van der Waals surface area (Å²) < 4.78 is 0. The van der Waals surface area contributed by atoms with Crippen molar-refractivity contribution in [2.75, 3.05) is 52.9 Å². The van der Waals surface area contributed by atoms with Gasteiger partial charge in [0.25, 0.3) is 0 Å². The Morgan fingerprint density at radius 3 is 2.68 bits per heavy atom. The van der Waals surface area contributed by atoms with Gasteiger partial charge < -0.3 is 15.1 Å². The molecular formula is C20H34N6OS. The van der Waals surface area contributed by atoms with Crippen molar-refractivity contribution in [3.8, 4) is 0 Å². The third-order valence-electron chi connectivity index (χ3n) is 5.58. The quantitative estimate of drug-likeness (QED) is 0.553. The molecule has 28 heavy (non-hydrogen) atoms. The molecule has 2 aliphatic rings. The highest BCUT2D eigenvalue weighted by atomic mass is 32.1. The second-order valence-electron chi connectivity index (χ2n) is 7.74. The molecule has 8 heteroatoms. The first kappa shape index (κ1) is 21.0. The lowest BCUT2D eigenvalue weighted by molar-refractivity contribution is -0.139. The van der Waals surface area contributed by atoms with Crippen LogP contribution in [0.15, 0.2) is 10.4 Å². The molecular weight excluding hydrogens is 372 g/mol. The SMILES string of the molecule is CCNC(=NCCN1CCN(C(=O)C2CCC2)CC1)N(C)Cc1csc(C)n1. The van der Waals surface area contributed by atoms with E-state index in [2.05, 4.69) is 44.4 Å². The van der Waals surface area contributed by atoms with Gasteiger partial charge in [-0.15, -0.1) is 11.3 Å². The Balaban J connectivity index is 1.43. The maximum absolute atomic E-state index is 12.4. The number of amides is 1. The maximum atomic E-state index is 12.4. The standard InChI is InChI=1S/C20H34N6OS/c1-4-21-20(24(3)14-18-15-28-16(2)23-18)22-8-9-25-10-12-26(13-11-25)19(27)17-6-5-7-17/h15,17H,4-14H2,1-3H3,(H,21,22). The molecule has 1 aromatic rings. The van der Waals surface area contributed by atoms with Gasteiger partial charge in [0.15, 0.2) is 5.96 Å². The summed E-state index contributed by atoms with van der Waals surface area (Å²) in [6.45, 7) is 11.1. The molecule has 0 spiro atoms. The normalized spacial score (nSPS) is 18.8. The van der Waals surface area contributed by atoms with Crippen molar-refractivity contribution in [3.05, 3.63) is 16.1 Å². The molecule has 0 bridgehead atoms. The minimum absolute atomic E-state index is 0.316. The van der Waals surface area contributed by atoms with Crippen LogP contribution >= 0.6 is 11.3 Å². The second kappa shape index (κ2) is 10.2. The molecule has 1 aliphatic carbocycles. The number of nitrogens with one attached hydrogen (secondary N) is 1. The van der Waals surface area contributed by atoms with Gasteiger partial charge in [0.1, 0.15) is 0 Å². The number of rotatable bonds is 7. The number of thiazole rings is 1. The third-order valence-corrected chi connectivity index (χ3v) is 6.40. The van der Waals surface area contributed by atoms with E-state index in [4.69, 9.17) is 4.99 Å². The summed E-state index contributed by atoms with van der Waals surface area (Å²) in [4.78, 5) is 28.3. The van der Waals surface area contributed by atoms with Crippen LogP contribution in [0.25, 0.3) is 0 Å². The van der Waals surface area contributed by atoms with Crippen LogP contribution in [-0.2, 0) is 11.3 Å². The summed E-state index contributed by atoms with van der Waals surface area (Å²) in [7, 11) is 2.06. The fourth-order valence-electron chi connectivity index (χ4n) is 3.67. The van der Waals surface area contributed by atoms with Gasteiger partial charge in [-0.1, -0.05) is 6.42 Å². The Bertz CT molecular complexity index is 663. The number of aryl methyl sites for hydroxylation is 1. The van der Waals surface area contributed by atoms with Gasteiger partial charge in [0, 0.05) is 57.6 Å². The number of aromatic nitrogens is 1. The van der Waals surface area contributed by atoms with Crippen LogP contribution in [0.5, 0.6) is 0 Å². The van der Waals surface area contributed by atoms with Gasteiger partial charge in [0.05, 0.1) is 23.8 Å². The molecule has 1 amide bonds. The molecule has 0 radical (unpaired) electrons. The molecule has 0 aromatic carbocycles. The van der Waals surface area contributed by atoms with Crippen LogP contribution < -0.4 is 5.32 Å². The first-order valence-electron chi connectivity index (χ1n) is 10.5.